The van der Waals surface area contributed by atoms with E-state index in [-0.39, 0.29) is 0 Å². The van der Waals surface area contributed by atoms with Crippen molar-refractivity contribution in [2.24, 2.45) is 0 Å². The Kier molecular flexibility index (Phi) is 7.18. The first-order valence-corrected chi connectivity index (χ1v) is 21.2. The van der Waals surface area contributed by atoms with Crippen molar-refractivity contribution in [1.29, 1.82) is 0 Å². The standard InChI is InChI=1S/C56H33N3S/c1-4-15-40-34(11-1)14-9-19-41(40)37-23-25-38(26-24-37)54-45-18-7-8-22-48(45)57-56(58-54)59-49-30-27-35-12-2-5-16-42(35)52(49)46-21-10-20-44(55(46)59)39-29-31-50-47(33-39)53-43-17-6-3-13-36(43)28-32-51(53)60-50/h1-33H. The Balaban J connectivity index is 1.07. The number of benzene rings is 10. The topological polar surface area (TPSA) is 30.7 Å². The van der Waals surface area contributed by atoms with Gasteiger partial charge < -0.3 is 0 Å². The van der Waals surface area contributed by atoms with Crippen LogP contribution in [0.25, 0.3) is 125 Å². The molecule has 0 spiro atoms. The summed E-state index contributed by atoms with van der Waals surface area (Å²) < 4.78 is 4.91. The zero-order valence-corrected chi connectivity index (χ0v) is 33.1. The lowest BCUT2D eigenvalue weighted by Crippen LogP contribution is -2.04. The highest BCUT2D eigenvalue weighted by molar-refractivity contribution is 7.26. The number of aromatic nitrogens is 3. The second-order valence-corrected chi connectivity index (χ2v) is 16.8. The maximum Gasteiger partial charge on any atom is 0.235 e. The average Bonchev–Trinajstić information content (AvgIpc) is 3.87. The Morgan fingerprint density at radius 1 is 0.367 bits per heavy atom. The molecule has 0 bridgehead atoms. The molecule has 0 aliphatic carbocycles. The number of hydrogen-bond acceptors (Lipinski definition) is 3. The van der Waals surface area contributed by atoms with Crippen LogP contribution in [0.5, 0.6) is 0 Å². The molecule has 0 saturated carbocycles. The molecule has 4 heteroatoms. The van der Waals surface area contributed by atoms with Gasteiger partial charge in [-0.05, 0) is 79.3 Å². The van der Waals surface area contributed by atoms with Gasteiger partial charge in [-0.1, -0.05) is 170 Å². The second-order valence-electron chi connectivity index (χ2n) is 15.7. The van der Waals surface area contributed by atoms with E-state index in [2.05, 4.69) is 205 Å². The van der Waals surface area contributed by atoms with Crippen LogP contribution >= 0.6 is 11.3 Å². The first-order valence-electron chi connectivity index (χ1n) is 20.4. The molecular weight excluding hydrogens is 747 g/mol. The highest BCUT2D eigenvalue weighted by Crippen LogP contribution is 2.44. The van der Waals surface area contributed by atoms with Crippen molar-refractivity contribution in [2.75, 3.05) is 0 Å². The molecule has 0 saturated heterocycles. The van der Waals surface area contributed by atoms with E-state index in [1.165, 1.54) is 80.0 Å². The summed E-state index contributed by atoms with van der Waals surface area (Å²) in [5.41, 5.74) is 9.75. The molecule has 0 atom stereocenters. The molecule has 0 amide bonds. The zero-order valence-electron chi connectivity index (χ0n) is 32.3. The fourth-order valence-corrected chi connectivity index (χ4v) is 10.8. The Bertz CT molecular complexity index is 3890. The summed E-state index contributed by atoms with van der Waals surface area (Å²) in [5.74, 6) is 0.651. The van der Waals surface area contributed by atoms with Crippen LogP contribution in [0.2, 0.25) is 0 Å². The van der Waals surface area contributed by atoms with Gasteiger partial charge in [-0.25, -0.2) is 9.97 Å². The lowest BCUT2D eigenvalue weighted by atomic mass is 9.96. The Labute approximate surface area is 349 Å². The third-order valence-corrected chi connectivity index (χ3v) is 13.5. The molecule has 10 aromatic carbocycles. The smallest absolute Gasteiger partial charge is 0.235 e. The van der Waals surface area contributed by atoms with Gasteiger partial charge in [0.15, 0.2) is 0 Å². The summed E-state index contributed by atoms with van der Waals surface area (Å²) in [6.45, 7) is 0. The Morgan fingerprint density at radius 3 is 1.77 bits per heavy atom. The molecule has 0 fully saturated rings. The Hall–Kier alpha value is -7.66. The largest absolute Gasteiger partial charge is 0.277 e. The van der Waals surface area contributed by atoms with E-state index in [0.29, 0.717) is 5.95 Å². The van der Waals surface area contributed by atoms with Crippen LogP contribution in [-0.2, 0) is 0 Å². The third kappa shape index (κ3) is 4.95. The molecule has 60 heavy (non-hydrogen) atoms. The first-order chi connectivity index (χ1) is 29.7. The lowest BCUT2D eigenvalue weighted by Gasteiger charge is -2.14. The molecule has 13 rings (SSSR count). The fourth-order valence-electron chi connectivity index (χ4n) is 9.66. The van der Waals surface area contributed by atoms with E-state index < -0.39 is 0 Å². The molecular formula is C56H33N3S. The van der Waals surface area contributed by atoms with Gasteiger partial charge in [-0.3, -0.25) is 4.57 Å². The van der Waals surface area contributed by atoms with Crippen LogP contribution in [0.4, 0.5) is 0 Å². The highest BCUT2D eigenvalue weighted by Gasteiger charge is 2.22. The molecule has 3 aromatic heterocycles. The lowest BCUT2D eigenvalue weighted by molar-refractivity contribution is 1.01. The maximum atomic E-state index is 5.55. The first kappa shape index (κ1) is 33.3. The van der Waals surface area contributed by atoms with Crippen molar-refractivity contribution >= 4 is 96.5 Å². The van der Waals surface area contributed by atoms with Crippen LogP contribution in [0.1, 0.15) is 0 Å². The van der Waals surface area contributed by atoms with E-state index in [1.54, 1.807) is 0 Å². The van der Waals surface area contributed by atoms with Gasteiger partial charge in [0.2, 0.25) is 5.95 Å². The third-order valence-electron chi connectivity index (χ3n) is 12.4. The molecule has 3 heterocycles. The quantitative estimate of drug-likeness (QED) is 0.178. The van der Waals surface area contributed by atoms with Gasteiger partial charge >= 0.3 is 0 Å². The summed E-state index contributed by atoms with van der Waals surface area (Å²) in [5, 5.41) is 13.5. The molecule has 278 valence electrons. The van der Waals surface area contributed by atoms with Crippen molar-refractivity contribution in [3.05, 3.63) is 200 Å². The molecule has 0 aliphatic rings. The van der Waals surface area contributed by atoms with Crippen LogP contribution in [0.15, 0.2) is 200 Å². The number of nitrogens with zero attached hydrogens (tertiary/aromatic N) is 3. The normalized spacial score (nSPS) is 12.0. The number of para-hydroxylation sites is 2. The molecule has 13 aromatic rings. The summed E-state index contributed by atoms with van der Waals surface area (Å²) in [4.78, 5) is 10.9. The van der Waals surface area contributed by atoms with Crippen molar-refractivity contribution < 1.29 is 0 Å². The predicted octanol–water partition coefficient (Wildman–Crippen LogP) is 15.6. The molecule has 0 unspecified atom stereocenters. The van der Waals surface area contributed by atoms with E-state index in [4.69, 9.17) is 9.97 Å². The van der Waals surface area contributed by atoms with Crippen LogP contribution in [-0.4, -0.2) is 14.5 Å². The van der Waals surface area contributed by atoms with Crippen molar-refractivity contribution in [3.63, 3.8) is 0 Å². The van der Waals surface area contributed by atoms with E-state index >= 15 is 0 Å². The van der Waals surface area contributed by atoms with Crippen LogP contribution in [0, 0.1) is 0 Å². The number of fused-ring (bicyclic) bond motifs is 12. The van der Waals surface area contributed by atoms with E-state index in [0.717, 1.165) is 38.8 Å². The summed E-state index contributed by atoms with van der Waals surface area (Å²) in [6.07, 6.45) is 0. The summed E-state index contributed by atoms with van der Waals surface area (Å²) >= 11 is 1.86. The monoisotopic (exact) mass is 779 g/mol. The van der Waals surface area contributed by atoms with Gasteiger partial charge in [0.05, 0.1) is 22.2 Å². The van der Waals surface area contributed by atoms with Crippen molar-refractivity contribution in [2.45, 2.75) is 0 Å². The molecule has 0 aliphatic heterocycles. The minimum Gasteiger partial charge on any atom is -0.277 e. The fraction of sp³-hybridized carbons (Fsp3) is 0. The maximum absolute atomic E-state index is 5.55. The van der Waals surface area contributed by atoms with Crippen molar-refractivity contribution in [3.8, 4) is 39.5 Å². The van der Waals surface area contributed by atoms with Gasteiger partial charge in [-0.15, -0.1) is 11.3 Å². The molecule has 3 nitrogen and oxygen atoms in total. The minimum atomic E-state index is 0.651. The van der Waals surface area contributed by atoms with E-state index in [1.807, 2.05) is 11.3 Å². The number of hydrogen-bond donors (Lipinski definition) is 0. The van der Waals surface area contributed by atoms with E-state index in [9.17, 15) is 0 Å². The van der Waals surface area contributed by atoms with Gasteiger partial charge in [0, 0.05) is 47.5 Å². The van der Waals surface area contributed by atoms with Crippen LogP contribution < -0.4 is 0 Å². The van der Waals surface area contributed by atoms with Crippen molar-refractivity contribution in [1.82, 2.24) is 14.5 Å². The van der Waals surface area contributed by atoms with Crippen LogP contribution in [0.3, 0.4) is 0 Å². The summed E-state index contributed by atoms with van der Waals surface area (Å²) in [7, 11) is 0. The minimum absolute atomic E-state index is 0.651. The summed E-state index contributed by atoms with van der Waals surface area (Å²) in [6, 6.07) is 72.6. The number of rotatable bonds is 4. The van der Waals surface area contributed by atoms with Gasteiger partial charge in [-0.2, -0.15) is 0 Å². The second kappa shape index (κ2) is 12.9. The Morgan fingerprint density at radius 2 is 0.950 bits per heavy atom. The molecule has 0 radical (unpaired) electrons. The number of thiophene rings is 1. The average molecular weight is 780 g/mol. The SMILES string of the molecule is c1ccc2c(-c3ccc(-c4nc(-n5c6ccc7ccccc7c6c6cccc(-c7ccc8sc9ccc%10ccccc%10c9c8c7)c65)nc5ccccc45)cc3)cccc2c1. The molecule has 0 N–H and O–H groups in total. The highest BCUT2D eigenvalue weighted by atomic mass is 32.1. The predicted molar refractivity (Wildman–Crippen MR) is 256 cm³/mol. The van der Waals surface area contributed by atoms with Gasteiger partial charge in [0.25, 0.3) is 0 Å². The zero-order chi connectivity index (χ0) is 39.3. The van der Waals surface area contributed by atoms with Gasteiger partial charge in [0.1, 0.15) is 0 Å².